The summed E-state index contributed by atoms with van der Waals surface area (Å²) in [6, 6.07) is 10.1. The monoisotopic (exact) mass is 209 g/mol. The average molecular weight is 209 g/mol. The first-order valence-electron chi connectivity index (χ1n) is 4.93. The van der Waals surface area contributed by atoms with Gasteiger partial charge in [-0.25, -0.2) is 0 Å². The molecular weight excluding hydrogens is 194 g/mol. The Morgan fingerprint density at radius 3 is 2.86 bits per heavy atom. The van der Waals surface area contributed by atoms with Gasteiger partial charge in [-0.1, -0.05) is 30.3 Å². The van der Waals surface area contributed by atoms with Crippen molar-refractivity contribution in [1.82, 2.24) is 5.32 Å². The molecule has 0 saturated carbocycles. The lowest BCUT2D eigenvalue weighted by Crippen LogP contribution is -2.34. The zero-order valence-electron chi connectivity index (χ0n) is 8.02. The SMILES string of the molecule is OC(Cc1ccccc1)C1NCCS1. The second-order valence-corrected chi connectivity index (χ2v) is 4.75. The fraction of sp³-hybridized carbons (Fsp3) is 0.455. The number of nitrogens with one attached hydrogen (secondary N) is 1. The molecule has 1 heterocycles. The number of benzene rings is 1. The van der Waals surface area contributed by atoms with Gasteiger partial charge in [0.15, 0.2) is 0 Å². The molecule has 1 fully saturated rings. The van der Waals surface area contributed by atoms with Crippen molar-refractivity contribution in [3.8, 4) is 0 Å². The summed E-state index contributed by atoms with van der Waals surface area (Å²) in [5.41, 5.74) is 1.20. The van der Waals surface area contributed by atoms with Crippen molar-refractivity contribution in [2.45, 2.75) is 17.9 Å². The van der Waals surface area contributed by atoms with Crippen molar-refractivity contribution in [2.75, 3.05) is 12.3 Å². The molecule has 14 heavy (non-hydrogen) atoms. The van der Waals surface area contributed by atoms with Gasteiger partial charge >= 0.3 is 0 Å². The first kappa shape index (κ1) is 10.0. The number of hydrogen-bond acceptors (Lipinski definition) is 3. The second kappa shape index (κ2) is 4.82. The Bertz CT molecular complexity index is 272. The third kappa shape index (κ3) is 2.50. The Balaban J connectivity index is 1.90. The Labute approximate surface area is 88.7 Å². The first-order valence-corrected chi connectivity index (χ1v) is 5.98. The average Bonchev–Trinajstić information content (AvgIpc) is 2.72. The minimum Gasteiger partial charge on any atom is -0.390 e. The molecule has 2 atom stereocenters. The van der Waals surface area contributed by atoms with E-state index in [0.29, 0.717) is 0 Å². The largest absolute Gasteiger partial charge is 0.390 e. The van der Waals surface area contributed by atoms with Gasteiger partial charge in [0, 0.05) is 18.7 Å². The van der Waals surface area contributed by atoms with Crippen molar-refractivity contribution in [1.29, 1.82) is 0 Å². The summed E-state index contributed by atoms with van der Waals surface area (Å²) in [5.74, 6) is 1.11. The lowest BCUT2D eigenvalue weighted by atomic mass is 10.1. The maximum Gasteiger partial charge on any atom is 0.0826 e. The van der Waals surface area contributed by atoms with Crippen molar-refractivity contribution in [2.24, 2.45) is 0 Å². The number of aliphatic hydroxyl groups is 1. The van der Waals surface area contributed by atoms with Crippen molar-refractivity contribution in [3.63, 3.8) is 0 Å². The Morgan fingerprint density at radius 1 is 1.43 bits per heavy atom. The summed E-state index contributed by atoms with van der Waals surface area (Å²) in [7, 11) is 0. The van der Waals surface area contributed by atoms with E-state index in [1.807, 2.05) is 30.0 Å². The molecule has 0 aliphatic carbocycles. The van der Waals surface area contributed by atoms with Crippen LogP contribution in [0.4, 0.5) is 0 Å². The predicted molar refractivity (Wildman–Crippen MR) is 60.4 cm³/mol. The Morgan fingerprint density at radius 2 is 2.21 bits per heavy atom. The molecule has 2 unspecified atom stereocenters. The summed E-state index contributed by atoms with van der Waals surface area (Å²) in [4.78, 5) is 0. The van der Waals surface area contributed by atoms with E-state index in [4.69, 9.17) is 0 Å². The van der Waals surface area contributed by atoms with E-state index in [-0.39, 0.29) is 11.5 Å². The van der Waals surface area contributed by atoms with Crippen LogP contribution in [0.25, 0.3) is 0 Å². The standard InChI is InChI=1S/C11H15NOS/c13-10(11-12-6-7-14-11)8-9-4-2-1-3-5-9/h1-5,10-13H,6-8H2. The van der Waals surface area contributed by atoms with Crippen LogP contribution in [0.15, 0.2) is 30.3 Å². The van der Waals surface area contributed by atoms with Crippen LogP contribution in [-0.2, 0) is 6.42 Å². The highest BCUT2D eigenvalue weighted by Gasteiger charge is 2.22. The normalized spacial score (nSPS) is 23.6. The molecule has 0 bridgehead atoms. The first-order chi connectivity index (χ1) is 6.86. The Hall–Kier alpha value is -0.510. The van der Waals surface area contributed by atoms with Crippen LogP contribution < -0.4 is 5.32 Å². The molecule has 0 radical (unpaired) electrons. The molecule has 0 aromatic heterocycles. The van der Waals surface area contributed by atoms with Gasteiger partial charge in [0.1, 0.15) is 0 Å². The summed E-state index contributed by atoms with van der Waals surface area (Å²) in [5, 5.41) is 13.4. The summed E-state index contributed by atoms with van der Waals surface area (Å²) in [6.45, 7) is 1.02. The third-order valence-corrected chi connectivity index (χ3v) is 3.66. The van der Waals surface area contributed by atoms with E-state index in [1.54, 1.807) is 0 Å². The zero-order valence-corrected chi connectivity index (χ0v) is 8.83. The van der Waals surface area contributed by atoms with Crippen molar-refractivity contribution >= 4 is 11.8 Å². The lowest BCUT2D eigenvalue weighted by Gasteiger charge is -2.17. The molecular formula is C11H15NOS. The Kier molecular flexibility index (Phi) is 3.45. The van der Waals surface area contributed by atoms with E-state index in [2.05, 4.69) is 17.4 Å². The minimum absolute atomic E-state index is 0.218. The maximum absolute atomic E-state index is 9.92. The van der Waals surface area contributed by atoms with Crippen LogP contribution in [0, 0.1) is 0 Å². The van der Waals surface area contributed by atoms with Gasteiger partial charge in [-0.3, -0.25) is 0 Å². The zero-order chi connectivity index (χ0) is 9.80. The molecule has 2 N–H and O–H groups in total. The molecule has 76 valence electrons. The van der Waals surface area contributed by atoms with Gasteiger partial charge in [0.2, 0.25) is 0 Å². The van der Waals surface area contributed by atoms with E-state index in [1.165, 1.54) is 5.56 Å². The van der Waals surface area contributed by atoms with Gasteiger partial charge < -0.3 is 10.4 Å². The van der Waals surface area contributed by atoms with Gasteiger partial charge in [-0.2, -0.15) is 0 Å². The number of rotatable bonds is 3. The second-order valence-electron chi connectivity index (χ2n) is 3.50. The van der Waals surface area contributed by atoms with Gasteiger partial charge in [-0.15, -0.1) is 11.8 Å². The van der Waals surface area contributed by atoms with E-state index in [0.717, 1.165) is 18.7 Å². The molecule has 1 saturated heterocycles. The van der Waals surface area contributed by atoms with Crippen LogP contribution in [0.3, 0.4) is 0 Å². The molecule has 0 amide bonds. The molecule has 1 aromatic carbocycles. The fourth-order valence-corrected chi connectivity index (χ4v) is 2.70. The van der Waals surface area contributed by atoms with Gasteiger partial charge in [0.05, 0.1) is 11.5 Å². The topological polar surface area (TPSA) is 32.3 Å². The maximum atomic E-state index is 9.92. The number of thioether (sulfide) groups is 1. The van der Waals surface area contributed by atoms with Crippen LogP contribution >= 0.6 is 11.8 Å². The van der Waals surface area contributed by atoms with Crippen LogP contribution in [0.1, 0.15) is 5.56 Å². The quantitative estimate of drug-likeness (QED) is 0.786. The molecule has 1 aromatic rings. The highest BCUT2D eigenvalue weighted by atomic mass is 32.2. The predicted octanol–water partition coefficient (Wildman–Crippen LogP) is 1.25. The summed E-state index contributed by atoms with van der Waals surface area (Å²) < 4.78 is 0. The highest BCUT2D eigenvalue weighted by Crippen LogP contribution is 2.19. The summed E-state index contributed by atoms with van der Waals surface area (Å²) in [6.07, 6.45) is 0.468. The van der Waals surface area contributed by atoms with Crippen molar-refractivity contribution < 1.29 is 5.11 Å². The summed E-state index contributed by atoms with van der Waals surface area (Å²) >= 11 is 1.81. The van der Waals surface area contributed by atoms with Gasteiger partial charge in [0.25, 0.3) is 0 Å². The van der Waals surface area contributed by atoms with Crippen LogP contribution in [0.2, 0.25) is 0 Å². The highest BCUT2D eigenvalue weighted by molar-refractivity contribution is 8.00. The number of hydrogen-bond donors (Lipinski definition) is 2. The van der Waals surface area contributed by atoms with Crippen LogP contribution in [-0.4, -0.2) is 28.9 Å². The molecule has 1 aliphatic heterocycles. The fourth-order valence-electron chi connectivity index (χ4n) is 1.66. The molecule has 2 nitrogen and oxygen atoms in total. The van der Waals surface area contributed by atoms with E-state index in [9.17, 15) is 5.11 Å². The minimum atomic E-state index is -0.273. The lowest BCUT2D eigenvalue weighted by molar-refractivity contribution is 0.163. The smallest absolute Gasteiger partial charge is 0.0826 e. The van der Waals surface area contributed by atoms with Crippen LogP contribution in [0.5, 0.6) is 0 Å². The van der Waals surface area contributed by atoms with E-state index >= 15 is 0 Å². The van der Waals surface area contributed by atoms with E-state index < -0.39 is 0 Å². The van der Waals surface area contributed by atoms with Gasteiger partial charge in [-0.05, 0) is 5.56 Å². The number of aliphatic hydroxyl groups excluding tert-OH is 1. The third-order valence-electron chi connectivity index (χ3n) is 2.38. The molecule has 3 heteroatoms. The molecule has 1 aliphatic rings. The van der Waals surface area contributed by atoms with Crippen molar-refractivity contribution in [3.05, 3.63) is 35.9 Å². The molecule has 0 spiro atoms. The molecule has 2 rings (SSSR count).